The van der Waals surface area contributed by atoms with E-state index in [1.807, 2.05) is 12.1 Å². The van der Waals surface area contributed by atoms with Gasteiger partial charge < -0.3 is 9.47 Å². The van der Waals surface area contributed by atoms with Crippen LogP contribution in [0.4, 0.5) is 0 Å². The van der Waals surface area contributed by atoms with E-state index in [1.165, 1.54) is 7.11 Å². The third kappa shape index (κ3) is 3.55. The Kier molecular flexibility index (Phi) is 5.44. The van der Waals surface area contributed by atoms with Gasteiger partial charge in [-0.15, -0.1) is 0 Å². The number of ether oxygens (including phenoxy) is 2. The number of carbonyl (C=O) groups excluding carboxylic acids is 2. The molecule has 4 heteroatoms. The maximum absolute atomic E-state index is 13.1. The van der Waals surface area contributed by atoms with Gasteiger partial charge in [0.05, 0.1) is 0 Å². The fourth-order valence-electron chi connectivity index (χ4n) is 2.31. The van der Waals surface area contributed by atoms with Crippen molar-refractivity contribution in [3.05, 3.63) is 84.4 Å². The third-order valence-electron chi connectivity index (χ3n) is 3.58. The van der Waals surface area contributed by atoms with E-state index in [0.29, 0.717) is 11.1 Å². The molecule has 0 heterocycles. The number of benzene rings is 2. The van der Waals surface area contributed by atoms with Crippen molar-refractivity contribution in [3.63, 3.8) is 0 Å². The van der Waals surface area contributed by atoms with Gasteiger partial charge in [-0.2, -0.15) is 0 Å². The Morgan fingerprint density at radius 1 is 1.04 bits per heavy atom. The lowest BCUT2D eigenvalue weighted by atomic mass is 9.86. The second kappa shape index (κ2) is 7.51. The fourth-order valence-corrected chi connectivity index (χ4v) is 2.31. The monoisotopic (exact) mass is 310 g/mol. The van der Waals surface area contributed by atoms with Crippen molar-refractivity contribution in [2.75, 3.05) is 13.7 Å². The Labute approximate surface area is 135 Å². The highest BCUT2D eigenvalue weighted by Gasteiger charge is 2.42. The number of hydrogen-bond acceptors (Lipinski definition) is 4. The summed E-state index contributed by atoms with van der Waals surface area (Å²) in [4.78, 5) is 24.5. The van der Waals surface area contributed by atoms with E-state index in [1.54, 1.807) is 48.5 Å². The molecular weight excluding hydrogens is 292 g/mol. The summed E-state index contributed by atoms with van der Waals surface area (Å²) in [5, 5.41) is 0. The first-order valence-corrected chi connectivity index (χ1v) is 7.14. The molecule has 1 unspecified atom stereocenters. The summed E-state index contributed by atoms with van der Waals surface area (Å²) in [6, 6.07) is 17.8. The molecule has 118 valence electrons. The van der Waals surface area contributed by atoms with Gasteiger partial charge in [-0.25, -0.2) is 4.79 Å². The van der Waals surface area contributed by atoms with Crippen molar-refractivity contribution in [1.82, 2.24) is 0 Å². The van der Waals surface area contributed by atoms with E-state index >= 15 is 0 Å². The summed E-state index contributed by atoms with van der Waals surface area (Å²) >= 11 is 0. The summed E-state index contributed by atoms with van der Waals surface area (Å²) in [5.74, 6) is -0.883. The second-order valence-electron chi connectivity index (χ2n) is 4.90. The van der Waals surface area contributed by atoms with Crippen LogP contribution in [-0.4, -0.2) is 25.5 Å². The Balaban J connectivity index is 2.47. The molecule has 0 aliphatic heterocycles. The predicted molar refractivity (Wildman–Crippen MR) is 87.1 cm³/mol. The lowest BCUT2D eigenvalue weighted by molar-refractivity contribution is -0.145. The molecule has 0 aliphatic rings. The van der Waals surface area contributed by atoms with Crippen LogP contribution in [0.25, 0.3) is 0 Å². The number of carbonyl (C=O) groups is 2. The molecule has 0 bridgehead atoms. The van der Waals surface area contributed by atoms with E-state index in [2.05, 4.69) is 6.58 Å². The molecule has 0 spiro atoms. The van der Waals surface area contributed by atoms with Crippen LogP contribution in [0.1, 0.15) is 15.9 Å². The minimum Gasteiger partial charge on any atom is -0.459 e. The van der Waals surface area contributed by atoms with Gasteiger partial charge in [0.1, 0.15) is 6.61 Å². The van der Waals surface area contributed by atoms with Crippen molar-refractivity contribution in [1.29, 1.82) is 0 Å². The van der Waals surface area contributed by atoms with Crippen molar-refractivity contribution in [3.8, 4) is 0 Å². The summed E-state index contributed by atoms with van der Waals surface area (Å²) in [5.41, 5.74) is -0.303. The number of ketones is 1. The van der Waals surface area contributed by atoms with Gasteiger partial charge in [0.25, 0.3) is 0 Å². The predicted octanol–water partition coefficient (Wildman–Crippen LogP) is 3.14. The Bertz CT molecular complexity index is 679. The average Bonchev–Trinajstić information content (AvgIpc) is 2.63. The molecule has 23 heavy (non-hydrogen) atoms. The van der Waals surface area contributed by atoms with Crippen LogP contribution in [0, 0.1) is 0 Å². The molecular formula is C19H18O4. The summed E-state index contributed by atoms with van der Waals surface area (Å²) in [6.45, 7) is 3.13. The zero-order valence-corrected chi connectivity index (χ0v) is 12.9. The van der Waals surface area contributed by atoms with Crippen molar-refractivity contribution < 1.29 is 19.1 Å². The topological polar surface area (TPSA) is 52.6 Å². The molecule has 2 rings (SSSR count). The quantitative estimate of drug-likeness (QED) is 0.448. The van der Waals surface area contributed by atoms with Crippen LogP contribution in [0.15, 0.2) is 73.3 Å². The van der Waals surface area contributed by atoms with Crippen LogP contribution >= 0.6 is 0 Å². The van der Waals surface area contributed by atoms with Crippen LogP contribution in [0.2, 0.25) is 0 Å². The maximum atomic E-state index is 13.1. The van der Waals surface area contributed by atoms with Crippen molar-refractivity contribution in [2.45, 2.75) is 5.60 Å². The Morgan fingerprint density at radius 2 is 1.61 bits per heavy atom. The molecule has 0 aliphatic carbocycles. The first-order valence-electron chi connectivity index (χ1n) is 7.14. The number of hydrogen-bond donors (Lipinski definition) is 0. The zero-order valence-electron chi connectivity index (χ0n) is 12.9. The molecule has 1 atom stereocenters. The summed E-state index contributed by atoms with van der Waals surface area (Å²) in [6.07, 6.45) is 1.05. The van der Waals surface area contributed by atoms with E-state index in [4.69, 9.17) is 9.47 Å². The van der Waals surface area contributed by atoms with E-state index < -0.39 is 11.6 Å². The standard InChI is InChI=1S/C19H18O4/c1-3-17(20)23-14-19(22-2,16-12-8-5-9-13-16)18(21)15-10-6-4-7-11-15/h3-13H,1,14H2,2H3. The van der Waals surface area contributed by atoms with E-state index in [0.717, 1.165) is 6.08 Å². The Morgan fingerprint density at radius 3 is 2.13 bits per heavy atom. The van der Waals surface area contributed by atoms with Gasteiger partial charge >= 0.3 is 5.97 Å². The smallest absolute Gasteiger partial charge is 0.330 e. The first kappa shape index (κ1) is 16.6. The minimum absolute atomic E-state index is 0.230. The van der Waals surface area contributed by atoms with Gasteiger partial charge in [-0.1, -0.05) is 67.2 Å². The molecule has 0 aromatic heterocycles. The molecule has 0 amide bonds. The average molecular weight is 310 g/mol. The van der Waals surface area contributed by atoms with Gasteiger partial charge in [0.15, 0.2) is 5.60 Å². The number of methoxy groups -OCH3 is 1. The van der Waals surface area contributed by atoms with Gasteiger partial charge in [-0.05, 0) is 5.56 Å². The first-order chi connectivity index (χ1) is 11.1. The highest BCUT2D eigenvalue weighted by Crippen LogP contribution is 2.30. The van der Waals surface area contributed by atoms with Crippen LogP contribution in [0.3, 0.4) is 0 Å². The molecule has 0 fully saturated rings. The van der Waals surface area contributed by atoms with Gasteiger partial charge in [-0.3, -0.25) is 4.79 Å². The molecule has 0 N–H and O–H groups in total. The highest BCUT2D eigenvalue weighted by atomic mass is 16.6. The summed E-state index contributed by atoms with van der Waals surface area (Å²) < 4.78 is 10.7. The SMILES string of the molecule is C=CC(=O)OCC(OC)(C(=O)c1ccccc1)c1ccccc1. The van der Waals surface area contributed by atoms with Gasteiger partial charge in [0, 0.05) is 18.7 Å². The molecule has 0 radical (unpaired) electrons. The maximum Gasteiger partial charge on any atom is 0.330 e. The lowest BCUT2D eigenvalue weighted by Gasteiger charge is -2.31. The molecule has 0 saturated carbocycles. The molecule has 2 aromatic carbocycles. The van der Waals surface area contributed by atoms with Crippen molar-refractivity contribution >= 4 is 11.8 Å². The molecule has 4 nitrogen and oxygen atoms in total. The van der Waals surface area contributed by atoms with Gasteiger partial charge in [0.2, 0.25) is 5.78 Å². The van der Waals surface area contributed by atoms with Crippen LogP contribution < -0.4 is 0 Å². The van der Waals surface area contributed by atoms with E-state index in [9.17, 15) is 9.59 Å². The molecule has 0 saturated heterocycles. The van der Waals surface area contributed by atoms with E-state index in [-0.39, 0.29) is 12.4 Å². The minimum atomic E-state index is -1.40. The van der Waals surface area contributed by atoms with Crippen LogP contribution in [-0.2, 0) is 19.9 Å². The highest BCUT2D eigenvalue weighted by molar-refractivity contribution is 6.03. The Hall–Kier alpha value is -2.72. The molecule has 2 aromatic rings. The second-order valence-corrected chi connectivity index (χ2v) is 4.90. The zero-order chi connectivity index (χ0) is 16.7. The van der Waals surface area contributed by atoms with Crippen molar-refractivity contribution in [2.24, 2.45) is 0 Å². The number of Topliss-reactive ketones (excluding diaryl/α,β-unsaturated/α-hetero) is 1. The lowest BCUT2D eigenvalue weighted by Crippen LogP contribution is -2.43. The number of esters is 1. The number of rotatable bonds is 7. The largest absolute Gasteiger partial charge is 0.459 e. The third-order valence-corrected chi connectivity index (χ3v) is 3.58. The fraction of sp³-hybridized carbons (Fsp3) is 0.158. The van der Waals surface area contributed by atoms with Crippen LogP contribution in [0.5, 0.6) is 0 Å². The summed E-state index contributed by atoms with van der Waals surface area (Å²) in [7, 11) is 1.43. The normalized spacial score (nSPS) is 12.9.